The number of hydrogen-bond donors (Lipinski definition) is 1. The minimum absolute atomic E-state index is 0.0162. The van der Waals surface area contributed by atoms with Crippen molar-refractivity contribution in [3.8, 4) is 0 Å². The first-order valence-electron chi connectivity index (χ1n) is 5.98. The van der Waals surface area contributed by atoms with Gasteiger partial charge in [0.2, 0.25) is 0 Å². The highest BCUT2D eigenvalue weighted by Crippen LogP contribution is 2.13. The summed E-state index contributed by atoms with van der Waals surface area (Å²) in [5.74, 6) is 0.488. The van der Waals surface area contributed by atoms with Crippen LogP contribution in [0, 0.1) is 6.92 Å². The second-order valence-corrected chi connectivity index (χ2v) is 6.78. The fourth-order valence-electron chi connectivity index (χ4n) is 1.61. The molecule has 0 saturated carbocycles. The van der Waals surface area contributed by atoms with Crippen LogP contribution in [-0.4, -0.2) is 30.7 Å². The molecule has 1 heterocycles. The number of aryl methyl sites for hydroxylation is 1. The second kappa shape index (κ2) is 6.19. The van der Waals surface area contributed by atoms with E-state index in [0.717, 1.165) is 5.56 Å². The van der Waals surface area contributed by atoms with E-state index < -0.39 is 9.84 Å². The molecule has 0 spiro atoms. The molecule has 0 radical (unpaired) electrons. The topological polar surface area (TPSA) is 72.0 Å². The van der Waals surface area contributed by atoms with Gasteiger partial charge in [-0.3, -0.25) is 0 Å². The highest BCUT2D eigenvalue weighted by atomic mass is 35.5. The van der Waals surface area contributed by atoms with Crippen molar-refractivity contribution in [1.29, 1.82) is 0 Å². The van der Waals surface area contributed by atoms with Gasteiger partial charge in [0, 0.05) is 12.6 Å². The Kier molecular flexibility index (Phi) is 4.57. The lowest BCUT2D eigenvalue weighted by atomic mass is 10.2. The van der Waals surface area contributed by atoms with E-state index in [1.807, 2.05) is 6.92 Å². The number of rotatable bonds is 5. The zero-order valence-corrected chi connectivity index (χ0v) is 12.4. The average Bonchev–Trinajstić information content (AvgIpc) is 2.39. The van der Waals surface area contributed by atoms with Crippen LogP contribution in [0.2, 0.25) is 5.15 Å². The Morgan fingerprint density at radius 2 is 1.90 bits per heavy atom. The molecule has 0 bridgehead atoms. The zero-order valence-electron chi connectivity index (χ0n) is 10.9. The van der Waals surface area contributed by atoms with E-state index in [4.69, 9.17) is 11.6 Å². The quantitative estimate of drug-likeness (QED) is 0.858. The van der Waals surface area contributed by atoms with Crippen molar-refractivity contribution in [2.24, 2.45) is 0 Å². The Balaban J connectivity index is 1.98. The molecule has 0 atom stereocenters. The number of nitrogens with zero attached hydrogens (tertiary/aromatic N) is 2. The third kappa shape index (κ3) is 3.91. The van der Waals surface area contributed by atoms with Gasteiger partial charge in [-0.1, -0.05) is 29.3 Å². The lowest BCUT2D eigenvalue weighted by Crippen LogP contribution is -2.16. The van der Waals surface area contributed by atoms with Gasteiger partial charge in [0.1, 0.15) is 17.3 Å². The third-order valence-electron chi connectivity index (χ3n) is 2.69. The maximum atomic E-state index is 12.1. The molecule has 5 nitrogen and oxygen atoms in total. The highest BCUT2D eigenvalue weighted by molar-refractivity contribution is 7.91. The molecule has 2 aromatic rings. The monoisotopic (exact) mass is 311 g/mol. The zero-order chi connectivity index (χ0) is 14.6. The number of aromatic nitrogens is 2. The van der Waals surface area contributed by atoms with Gasteiger partial charge in [0.15, 0.2) is 9.84 Å². The molecule has 0 aliphatic carbocycles. The van der Waals surface area contributed by atoms with E-state index >= 15 is 0 Å². The van der Waals surface area contributed by atoms with Crippen LogP contribution in [-0.2, 0) is 9.84 Å². The van der Waals surface area contributed by atoms with E-state index in [0.29, 0.717) is 15.9 Å². The molecule has 20 heavy (non-hydrogen) atoms. The summed E-state index contributed by atoms with van der Waals surface area (Å²) in [5, 5.41) is 3.22. The third-order valence-corrected chi connectivity index (χ3v) is 4.63. The number of sulfone groups is 1. The maximum Gasteiger partial charge on any atom is 0.180 e. The smallest absolute Gasteiger partial charge is 0.180 e. The van der Waals surface area contributed by atoms with Gasteiger partial charge < -0.3 is 5.32 Å². The van der Waals surface area contributed by atoms with Gasteiger partial charge in [0.05, 0.1) is 10.6 Å². The summed E-state index contributed by atoms with van der Waals surface area (Å²) in [4.78, 5) is 8.02. The predicted octanol–water partition coefficient (Wildman–Crippen LogP) is 2.32. The molecule has 2 rings (SSSR count). The van der Waals surface area contributed by atoms with Gasteiger partial charge in [-0.25, -0.2) is 18.4 Å². The van der Waals surface area contributed by atoms with Gasteiger partial charge >= 0.3 is 0 Å². The molecule has 7 heteroatoms. The Morgan fingerprint density at radius 1 is 1.20 bits per heavy atom. The van der Waals surface area contributed by atoms with Gasteiger partial charge in [-0.15, -0.1) is 0 Å². The van der Waals surface area contributed by atoms with Gasteiger partial charge in [-0.2, -0.15) is 0 Å². The fraction of sp³-hybridized carbons (Fsp3) is 0.231. The van der Waals surface area contributed by atoms with Crippen LogP contribution in [0.5, 0.6) is 0 Å². The minimum Gasteiger partial charge on any atom is -0.369 e. The summed E-state index contributed by atoms with van der Waals surface area (Å²) in [6.45, 7) is 2.17. The molecule has 0 unspecified atom stereocenters. The SMILES string of the molecule is Cc1ccc(S(=O)(=O)CCNc2cc(Cl)ncn2)cc1. The first-order chi connectivity index (χ1) is 9.47. The molecule has 0 amide bonds. The average molecular weight is 312 g/mol. The number of halogens is 1. The van der Waals surface area contributed by atoms with Crippen molar-refractivity contribution in [3.63, 3.8) is 0 Å². The van der Waals surface area contributed by atoms with Gasteiger partial charge in [-0.05, 0) is 19.1 Å². The van der Waals surface area contributed by atoms with Crippen LogP contribution >= 0.6 is 11.6 Å². The molecule has 0 aliphatic rings. The second-order valence-electron chi connectivity index (χ2n) is 4.28. The Labute approximate surface area is 123 Å². The molecule has 1 aromatic heterocycles. The maximum absolute atomic E-state index is 12.1. The largest absolute Gasteiger partial charge is 0.369 e. The Hall–Kier alpha value is -1.66. The molecular weight excluding hydrogens is 298 g/mol. The predicted molar refractivity (Wildman–Crippen MR) is 78.8 cm³/mol. The van der Waals surface area contributed by atoms with E-state index in [9.17, 15) is 8.42 Å². The summed E-state index contributed by atoms with van der Waals surface area (Å²) < 4.78 is 24.2. The summed E-state index contributed by atoms with van der Waals surface area (Å²) in [6, 6.07) is 8.34. The molecule has 0 aliphatic heterocycles. The normalized spacial score (nSPS) is 11.3. The van der Waals surface area contributed by atoms with Crippen LogP contribution in [0.1, 0.15) is 5.56 Å². The molecule has 1 N–H and O–H groups in total. The van der Waals surface area contributed by atoms with E-state index in [2.05, 4.69) is 15.3 Å². The molecule has 0 fully saturated rings. The number of benzene rings is 1. The number of nitrogens with one attached hydrogen (secondary N) is 1. The lowest BCUT2D eigenvalue weighted by molar-refractivity contribution is 0.596. The van der Waals surface area contributed by atoms with Crippen LogP contribution in [0.15, 0.2) is 41.6 Å². The van der Waals surface area contributed by atoms with Crippen molar-refractivity contribution >= 4 is 27.3 Å². The van der Waals surface area contributed by atoms with E-state index in [1.54, 1.807) is 30.3 Å². The van der Waals surface area contributed by atoms with Crippen molar-refractivity contribution < 1.29 is 8.42 Å². The Bertz CT molecular complexity index is 687. The number of anilines is 1. The van der Waals surface area contributed by atoms with Crippen molar-refractivity contribution in [2.75, 3.05) is 17.6 Å². The van der Waals surface area contributed by atoms with Crippen molar-refractivity contribution in [3.05, 3.63) is 47.4 Å². The molecule has 106 valence electrons. The fourth-order valence-corrected chi connectivity index (χ4v) is 2.91. The molecule has 0 saturated heterocycles. The standard InChI is InChI=1S/C13H14ClN3O2S/c1-10-2-4-11(5-3-10)20(18,19)7-6-15-13-8-12(14)16-9-17-13/h2-5,8-9H,6-7H2,1H3,(H,15,16,17). The lowest BCUT2D eigenvalue weighted by Gasteiger charge is -2.07. The minimum atomic E-state index is -3.30. The van der Waals surface area contributed by atoms with Crippen LogP contribution in [0.4, 0.5) is 5.82 Å². The van der Waals surface area contributed by atoms with Crippen LogP contribution in [0.25, 0.3) is 0 Å². The van der Waals surface area contributed by atoms with Gasteiger partial charge in [0.25, 0.3) is 0 Å². The van der Waals surface area contributed by atoms with Crippen molar-refractivity contribution in [1.82, 2.24) is 9.97 Å². The molecule has 1 aromatic carbocycles. The summed E-state index contributed by atoms with van der Waals surface area (Å²) in [7, 11) is -3.30. The summed E-state index contributed by atoms with van der Waals surface area (Å²) in [6.07, 6.45) is 1.32. The first-order valence-corrected chi connectivity index (χ1v) is 8.01. The summed E-state index contributed by atoms with van der Waals surface area (Å²) >= 11 is 5.72. The highest BCUT2D eigenvalue weighted by Gasteiger charge is 2.13. The Morgan fingerprint density at radius 3 is 2.55 bits per heavy atom. The van der Waals surface area contributed by atoms with Crippen molar-refractivity contribution in [2.45, 2.75) is 11.8 Å². The first kappa shape index (κ1) is 14.7. The van der Waals surface area contributed by atoms with E-state index in [-0.39, 0.29) is 12.3 Å². The van der Waals surface area contributed by atoms with Crippen LogP contribution < -0.4 is 5.32 Å². The molecular formula is C13H14ClN3O2S. The number of hydrogen-bond acceptors (Lipinski definition) is 5. The summed E-state index contributed by atoms with van der Waals surface area (Å²) in [5.41, 5.74) is 1.03. The van der Waals surface area contributed by atoms with Crippen LogP contribution in [0.3, 0.4) is 0 Å². The van der Waals surface area contributed by atoms with E-state index in [1.165, 1.54) is 6.33 Å².